The number of fused-ring (bicyclic) bond motifs is 1. The molecule has 1 N–H and O–H groups in total. The fourth-order valence-electron chi connectivity index (χ4n) is 1.91. The molecular weight excluding hydrogens is 365 g/mol. The molecular formula is C14H8BrF3N2S. The maximum Gasteiger partial charge on any atom is 0.418 e. The van der Waals surface area contributed by atoms with Crippen molar-refractivity contribution in [3.63, 3.8) is 0 Å². The lowest BCUT2D eigenvalue weighted by molar-refractivity contribution is -0.136. The van der Waals surface area contributed by atoms with Gasteiger partial charge in [-0.3, -0.25) is 0 Å². The van der Waals surface area contributed by atoms with Crippen LogP contribution in [0, 0.1) is 0 Å². The molecule has 0 saturated heterocycles. The fourth-order valence-corrected chi connectivity index (χ4v) is 3.34. The number of nitrogens with one attached hydrogen (secondary N) is 1. The topological polar surface area (TPSA) is 24.9 Å². The Balaban J connectivity index is 1.99. The van der Waals surface area contributed by atoms with Gasteiger partial charge >= 0.3 is 6.18 Å². The van der Waals surface area contributed by atoms with E-state index in [1.807, 2.05) is 18.2 Å². The van der Waals surface area contributed by atoms with Crippen molar-refractivity contribution < 1.29 is 13.2 Å². The minimum Gasteiger partial charge on any atom is -0.331 e. The van der Waals surface area contributed by atoms with Crippen LogP contribution >= 0.6 is 27.3 Å². The van der Waals surface area contributed by atoms with Crippen LogP contribution in [0.3, 0.4) is 0 Å². The van der Waals surface area contributed by atoms with E-state index in [-0.39, 0.29) is 5.69 Å². The molecule has 0 radical (unpaired) electrons. The molecule has 1 aromatic heterocycles. The Kier molecular flexibility index (Phi) is 3.62. The molecule has 108 valence electrons. The number of alkyl halides is 3. The first-order chi connectivity index (χ1) is 9.93. The summed E-state index contributed by atoms with van der Waals surface area (Å²) in [5.41, 5.74) is 0.0451. The van der Waals surface area contributed by atoms with E-state index in [1.165, 1.54) is 23.5 Å². The van der Waals surface area contributed by atoms with Crippen molar-refractivity contribution in [1.29, 1.82) is 0 Å². The Morgan fingerprint density at radius 2 is 1.86 bits per heavy atom. The highest BCUT2D eigenvalue weighted by Gasteiger charge is 2.33. The minimum absolute atomic E-state index is 0.00289. The standard InChI is InChI=1S/C14H8BrF3N2S/c15-8-5-6-11-12(7-8)21-13(20-11)19-10-4-2-1-3-9(10)14(16,17)18/h1-7H,(H,19,20). The number of anilines is 2. The molecule has 7 heteroatoms. The van der Waals surface area contributed by atoms with E-state index in [0.29, 0.717) is 5.13 Å². The van der Waals surface area contributed by atoms with Gasteiger partial charge in [0.1, 0.15) is 0 Å². The zero-order valence-corrected chi connectivity index (χ0v) is 12.8. The van der Waals surface area contributed by atoms with Crippen LogP contribution in [0.1, 0.15) is 5.56 Å². The maximum absolute atomic E-state index is 12.9. The average molecular weight is 373 g/mol. The van der Waals surface area contributed by atoms with E-state index in [2.05, 4.69) is 26.2 Å². The molecule has 2 aromatic carbocycles. The summed E-state index contributed by atoms with van der Waals surface area (Å²) in [6.45, 7) is 0. The summed E-state index contributed by atoms with van der Waals surface area (Å²) in [5, 5.41) is 3.19. The number of aromatic nitrogens is 1. The van der Waals surface area contributed by atoms with Crippen LogP contribution in [-0.4, -0.2) is 4.98 Å². The number of nitrogens with zero attached hydrogens (tertiary/aromatic N) is 1. The largest absolute Gasteiger partial charge is 0.418 e. The quantitative estimate of drug-likeness (QED) is 0.612. The predicted octanol–water partition coefficient (Wildman–Crippen LogP) is 5.82. The van der Waals surface area contributed by atoms with Gasteiger partial charge in [0.2, 0.25) is 0 Å². The van der Waals surface area contributed by atoms with Gasteiger partial charge in [-0.2, -0.15) is 13.2 Å². The van der Waals surface area contributed by atoms with E-state index in [9.17, 15) is 13.2 Å². The highest BCUT2D eigenvalue weighted by atomic mass is 79.9. The van der Waals surface area contributed by atoms with E-state index >= 15 is 0 Å². The van der Waals surface area contributed by atoms with Crippen molar-refractivity contribution in [2.24, 2.45) is 0 Å². The Morgan fingerprint density at radius 3 is 2.62 bits per heavy atom. The first-order valence-corrected chi connectivity index (χ1v) is 7.54. The number of para-hydroxylation sites is 1. The van der Waals surface area contributed by atoms with Crippen LogP contribution in [0.5, 0.6) is 0 Å². The molecule has 0 unspecified atom stereocenters. The number of hydrogen-bond acceptors (Lipinski definition) is 3. The minimum atomic E-state index is -4.40. The SMILES string of the molecule is FC(F)(F)c1ccccc1Nc1nc2ccc(Br)cc2s1. The molecule has 0 aliphatic heterocycles. The second-order valence-corrected chi connectivity index (χ2v) is 6.25. The first-order valence-electron chi connectivity index (χ1n) is 5.93. The van der Waals surface area contributed by atoms with Gasteiger partial charge in [0.15, 0.2) is 5.13 Å². The van der Waals surface area contributed by atoms with Gasteiger partial charge < -0.3 is 5.32 Å². The number of hydrogen-bond donors (Lipinski definition) is 1. The van der Waals surface area contributed by atoms with Gasteiger partial charge in [0.25, 0.3) is 0 Å². The van der Waals surface area contributed by atoms with Crippen LogP contribution in [0.2, 0.25) is 0 Å². The molecule has 0 saturated carbocycles. The summed E-state index contributed by atoms with van der Waals surface area (Å²) in [5.74, 6) is 0. The maximum atomic E-state index is 12.9. The van der Waals surface area contributed by atoms with Gasteiger partial charge in [-0.1, -0.05) is 39.4 Å². The van der Waals surface area contributed by atoms with Crippen LogP contribution in [0.25, 0.3) is 10.2 Å². The van der Waals surface area contributed by atoms with Crippen molar-refractivity contribution >= 4 is 48.3 Å². The summed E-state index contributed by atoms with van der Waals surface area (Å²) in [6.07, 6.45) is -4.40. The average Bonchev–Trinajstić information content (AvgIpc) is 2.79. The molecule has 0 amide bonds. The third-order valence-electron chi connectivity index (χ3n) is 2.82. The molecule has 0 spiro atoms. The van der Waals surface area contributed by atoms with E-state index < -0.39 is 11.7 Å². The number of halogens is 4. The lowest BCUT2D eigenvalue weighted by Crippen LogP contribution is -2.08. The van der Waals surface area contributed by atoms with Gasteiger partial charge in [-0.15, -0.1) is 0 Å². The first kappa shape index (κ1) is 14.3. The molecule has 3 aromatic rings. The van der Waals surface area contributed by atoms with Crippen molar-refractivity contribution in [2.45, 2.75) is 6.18 Å². The van der Waals surface area contributed by atoms with Crippen LogP contribution in [-0.2, 0) is 6.18 Å². The third-order valence-corrected chi connectivity index (χ3v) is 4.25. The summed E-state index contributed by atoms with van der Waals surface area (Å²) in [6, 6.07) is 10.9. The molecule has 3 rings (SSSR count). The van der Waals surface area contributed by atoms with Crippen molar-refractivity contribution in [3.05, 3.63) is 52.5 Å². The second-order valence-electron chi connectivity index (χ2n) is 4.30. The zero-order valence-electron chi connectivity index (χ0n) is 10.4. The molecule has 0 atom stereocenters. The normalized spacial score (nSPS) is 11.8. The van der Waals surface area contributed by atoms with Crippen molar-refractivity contribution in [2.75, 3.05) is 5.32 Å². The molecule has 0 bridgehead atoms. The Labute approximate surface area is 130 Å². The van der Waals surface area contributed by atoms with E-state index in [4.69, 9.17) is 0 Å². The van der Waals surface area contributed by atoms with Gasteiger partial charge in [0, 0.05) is 4.47 Å². The Morgan fingerprint density at radius 1 is 1.10 bits per heavy atom. The number of thiazole rings is 1. The van der Waals surface area contributed by atoms with E-state index in [0.717, 1.165) is 20.8 Å². The van der Waals surface area contributed by atoms with Crippen molar-refractivity contribution in [3.8, 4) is 0 Å². The third kappa shape index (κ3) is 3.03. The smallest absolute Gasteiger partial charge is 0.331 e. The summed E-state index contributed by atoms with van der Waals surface area (Å²) in [7, 11) is 0. The molecule has 0 aliphatic rings. The second kappa shape index (κ2) is 5.31. The molecule has 1 heterocycles. The highest BCUT2D eigenvalue weighted by molar-refractivity contribution is 9.10. The molecule has 2 nitrogen and oxygen atoms in total. The Bertz CT molecular complexity index is 798. The highest BCUT2D eigenvalue weighted by Crippen LogP contribution is 2.37. The lowest BCUT2D eigenvalue weighted by atomic mass is 10.2. The summed E-state index contributed by atoms with van der Waals surface area (Å²) < 4.78 is 40.6. The van der Waals surface area contributed by atoms with E-state index in [1.54, 1.807) is 6.07 Å². The summed E-state index contributed by atoms with van der Waals surface area (Å²) >= 11 is 4.66. The number of benzene rings is 2. The lowest BCUT2D eigenvalue weighted by Gasteiger charge is -2.12. The van der Waals surface area contributed by atoms with Gasteiger partial charge in [-0.05, 0) is 30.3 Å². The monoisotopic (exact) mass is 372 g/mol. The molecule has 0 aliphatic carbocycles. The molecule has 0 fully saturated rings. The van der Waals surface area contributed by atoms with Gasteiger partial charge in [0.05, 0.1) is 21.5 Å². The van der Waals surface area contributed by atoms with Crippen molar-refractivity contribution in [1.82, 2.24) is 4.98 Å². The van der Waals surface area contributed by atoms with Crippen LogP contribution in [0.15, 0.2) is 46.9 Å². The van der Waals surface area contributed by atoms with Crippen LogP contribution < -0.4 is 5.32 Å². The number of rotatable bonds is 2. The Hall–Kier alpha value is -1.60. The predicted molar refractivity (Wildman–Crippen MR) is 82.0 cm³/mol. The molecule has 21 heavy (non-hydrogen) atoms. The summed E-state index contributed by atoms with van der Waals surface area (Å²) in [4.78, 5) is 4.29. The van der Waals surface area contributed by atoms with Gasteiger partial charge in [-0.25, -0.2) is 4.98 Å². The van der Waals surface area contributed by atoms with Crippen LogP contribution in [0.4, 0.5) is 24.0 Å². The fraction of sp³-hybridized carbons (Fsp3) is 0.0714. The zero-order chi connectivity index (χ0) is 15.0.